The smallest absolute Gasteiger partial charge is 0.250 e. The van der Waals surface area contributed by atoms with E-state index in [-0.39, 0.29) is 11.8 Å². The molecule has 0 saturated carbocycles. The Morgan fingerprint density at radius 1 is 1.19 bits per heavy atom. The van der Waals surface area contributed by atoms with Gasteiger partial charge in [0.25, 0.3) is 0 Å². The van der Waals surface area contributed by atoms with Crippen LogP contribution in [0.25, 0.3) is 10.9 Å². The van der Waals surface area contributed by atoms with Crippen molar-refractivity contribution in [3.8, 4) is 0 Å². The van der Waals surface area contributed by atoms with Crippen LogP contribution in [0.2, 0.25) is 5.02 Å². The summed E-state index contributed by atoms with van der Waals surface area (Å²) in [5.41, 5.74) is 4.90. The minimum Gasteiger partial charge on any atom is -0.358 e. The summed E-state index contributed by atoms with van der Waals surface area (Å²) in [6.45, 7) is 10.3. The first-order valence-electron chi connectivity index (χ1n) is 11.6. The third kappa shape index (κ3) is 6.58. The van der Waals surface area contributed by atoms with Gasteiger partial charge in [0, 0.05) is 46.8 Å². The second-order valence-corrected chi connectivity index (χ2v) is 8.63. The second kappa shape index (κ2) is 12.7. The van der Waals surface area contributed by atoms with Gasteiger partial charge in [-0.2, -0.15) is 0 Å². The van der Waals surface area contributed by atoms with Crippen molar-refractivity contribution in [2.45, 2.75) is 33.0 Å². The molecule has 2 aromatic carbocycles. The number of amides is 2. The molecule has 7 nitrogen and oxygen atoms in total. The van der Waals surface area contributed by atoms with Gasteiger partial charge in [-0.1, -0.05) is 55.9 Å². The topological polar surface area (TPSA) is 101 Å². The fourth-order valence-corrected chi connectivity index (χ4v) is 4.00. The molecule has 1 atom stereocenters. The summed E-state index contributed by atoms with van der Waals surface area (Å²) in [5.74, 6) is -1.28. The Labute approximate surface area is 216 Å². The summed E-state index contributed by atoms with van der Waals surface area (Å²) in [6, 6.07) is 13.3. The van der Waals surface area contributed by atoms with Crippen molar-refractivity contribution in [3.63, 3.8) is 0 Å². The van der Waals surface area contributed by atoms with Gasteiger partial charge < -0.3 is 20.6 Å². The number of halogens is 1. The van der Waals surface area contributed by atoms with Gasteiger partial charge in [0.15, 0.2) is 0 Å². The number of nitrogens with one attached hydrogen (secondary N) is 3. The molecule has 1 heterocycles. The van der Waals surface area contributed by atoms with Gasteiger partial charge in [0.2, 0.25) is 11.8 Å². The number of H-pyrrole nitrogens is 1. The fourth-order valence-electron chi connectivity index (χ4n) is 3.83. The highest BCUT2D eigenvalue weighted by Gasteiger charge is 2.16. The van der Waals surface area contributed by atoms with E-state index in [4.69, 9.17) is 17.0 Å². The van der Waals surface area contributed by atoms with E-state index in [1.165, 1.54) is 23.4 Å². The lowest BCUT2D eigenvalue weighted by molar-refractivity contribution is -0.124. The molecule has 36 heavy (non-hydrogen) atoms. The van der Waals surface area contributed by atoms with Gasteiger partial charge in [-0.25, -0.2) is 0 Å². The molecule has 0 fully saturated rings. The lowest BCUT2D eigenvalue weighted by Crippen LogP contribution is -2.32. The van der Waals surface area contributed by atoms with Crippen molar-refractivity contribution < 1.29 is 9.59 Å². The van der Waals surface area contributed by atoms with Crippen LogP contribution in [0.1, 0.15) is 29.3 Å². The molecule has 0 bridgehead atoms. The predicted octanol–water partition coefficient (Wildman–Crippen LogP) is 5.19. The number of fused-ring (bicyclic) bond motifs is 1. The molecule has 0 aliphatic heterocycles. The molecule has 1 unspecified atom stereocenters. The van der Waals surface area contributed by atoms with Crippen molar-refractivity contribution in [2.75, 3.05) is 0 Å². The van der Waals surface area contributed by atoms with Gasteiger partial charge in [-0.05, 0) is 47.4 Å². The van der Waals surface area contributed by atoms with Crippen LogP contribution in [0.4, 0.5) is 0 Å². The number of benzene rings is 2. The van der Waals surface area contributed by atoms with E-state index in [0.717, 1.165) is 45.9 Å². The minimum atomic E-state index is -0.769. The summed E-state index contributed by atoms with van der Waals surface area (Å²) in [6.07, 6.45) is 6.09. The summed E-state index contributed by atoms with van der Waals surface area (Å²) in [4.78, 5) is 33.7. The number of aryl methyl sites for hydroxylation is 1. The number of hydrogen-bond acceptors (Lipinski definition) is 4. The summed E-state index contributed by atoms with van der Waals surface area (Å²) >= 11 is 6.17. The zero-order chi connectivity index (χ0) is 26.1. The maximum Gasteiger partial charge on any atom is 0.250 e. The number of nitrogens with zero attached hydrogens (tertiary/aromatic N) is 2. The molecule has 0 saturated heterocycles. The standard InChI is InChI=1S/C28H30ClN5O2/c1-4-25-24(23-13-22(29)11-12-26(23)33-25)17-32-28(36)21(14-30)16-31-15-19-7-9-20(10-8-19)18-34(6-3)27(35)5-2/h5-14,16,21,30,33H,2-4,15,17-18H2,1H3,(H,32,36). The first-order chi connectivity index (χ1) is 17.4. The Balaban J connectivity index is 1.59. The maximum atomic E-state index is 12.7. The van der Waals surface area contributed by atoms with Gasteiger partial charge in [-0.15, -0.1) is 0 Å². The first kappa shape index (κ1) is 26.6. The van der Waals surface area contributed by atoms with Crippen LogP contribution in [0.5, 0.6) is 0 Å². The van der Waals surface area contributed by atoms with Crippen LogP contribution in [0.3, 0.4) is 0 Å². The molecule has 0 spiro atoms. The second-order valence-electron chi connectivity index (χ2n) is 8.19. The van der Waals surface area contributed by atoms with E-state index < -0.39 is 5.92 Å². The minimum absolute atomic E-state index is 0.214. The number of hydrogen-bond donors (Lipinski definition) is 3. The SMILES string of the molecule is C=CC(=O)N(C=C)Cc1ccc(CN=CC(C=N)C(=O)NCc2c(CC)[nH]c3ccc(Cl)cc23)cc1. The van der Waals surface area contributed by atoms with E-state index in [2.05, 4.69) is 28.5 Å². The molecule has 186 valence electrons. The van der Waals surface area contributed by atoms with E-state index >= 15 is 0 Å². The highest BCUT2D eigenvalue weighted by Crippen LogP contribution is 2.26. The van der Waals surface area contributed by atoms with Crippen LogP contribution in [0.15, 0.2) is 72.9 Å². The fraction of sp³-hybridized carbons (Fsp3) is 0.214. The lowest BCUT2D eigenvalue weighted by atomic mass is 10.1. The van der Waals surface area contributed by atoms with Crippen LogP contribution in [-0.4, -0.2) is 34.1 Å². The van der Waals surface area contributed by atoms with E-state index in [1.54, 1.807) is 0 Å². The molecular weight excluding hydrogens is 474 g/mol. The molecule has 1 aromatic heterocycles. The lowest BCUT2D eigenvalue weighted by Gasteiger charge is -2.16. The Hall–Kier alpha value is -3.97. The molecule has 2 amide bonds. The average molecular weight is 504 g/mol. The number of carbonyl (C=O) groups excluding carboxylic acids is 2. The van der Waals surface area contributed by atoms with Gasteiger partial charge in [0.05, 0.1) is 13.1 Å². The normalized spacial score (nSPS) is 11.8. The van der Waals surface area contributed by atoms with Gasteiger partial charge >= 0.3 is 0 Å². The largest absolute Gasteiger partial charge is 0.358 e. The van der Waals surface area contributed by atoms with Gasteiger partial charge in [-0.3, -0.25) is 14.6 Å². The Morgan fingerprint density at radius 2 is 1.92 bits per heavy atom. The predicted molar refractivity (Wildman–Crippen MR) is 146 cm³/mol. The molecule has 8 heteroatoms. The molecule has 0 radical (unpaired) electrons. The molecular formula is C28H30ClN5O2. The Kier molecular flexibility index (Phi) is 9.36. The third-order valence-corrected chi connectivity index (χ3v) is 6.06. The maximum absolute atomic E-state index is 12.7. The molecule has 0 aliphatic rings. The third-order valence-electron chi connectivity index (χ3n) is 5.83. The summed E-state index contributed by atoms with van der Waals surface area (Å²) < 4.78 is 0. The van der Waals surface area contributed by atoms with E-state index in [0.29, 0.717) is 24.7 Å². The number of carbonyl (C=O) groups is 2. The highest BCUT2D eigenvalue weighted by molar-refractivity contribution is 6.31. The number of rotatable bonds is 12. The molecule has 0 aliphatic carbocycles. The summed E-state index contributed by atoms with van der Waals surface area (Å²) in [5, 5.41) is 12.2. The van der Waals surface area contributed by atoms with Crippen LogP contribution < -0.4 is 5.32 Å². The Morgan fingerprint density at radius 3 is 2.56 bits per heavy atom. The molecule has 3 aromatic rings. The highest BCUT2D eigenvalue weighted by atomic mass is 35.5. The zero-order valence-corrected chi connectivity index (χ0v) is 21.0. The first-order valence-corrected chi connectivity index (χ1v) is 12.0. The number of aromatic nitrogens is 1. The van der Waals surface area contributed by atoms with Crippen molar-refractivity contribution >= 4 is 46.7 Å². The quantitative estimate of drug-likeness (QED) is 0.234. The van der Waals surface area contributed by atoms with Gasteiger partial charge in [0.1, 0.15) is 5.92 Å². The van der Waals surface area contributed by atoms with E-state index in [9.17, 15) is 9.59 Å². The van der Waals surface area contributed by atoms with Crippen LogP contribution in [0, 0.1) is 11.3 Å². The zero-order valence-electron chi connectivity index (χ0n) is 20.3. The van der Waals surface area contributed by atoms with Crippen molar-refractivity contribution in [1.82, 2.24) is 15.2 Å². The summed E-state index contributed by atoms with van der Waals surface area (Å²) in [7, 11) is 0. The number of aliphatic imine (C=N–C) groups is 1. The Bertz CT molecular complexity index is 1290. The van der Waals surface area contributed by atoms with Crippen molar-refractivity contribution in [2.24, 2.45) is 10.9 Å². The van der Waals surface area contributed by atoms with Crippen molar-refractivity contribution in [1.29, 1.82) is 5.41 Å². The molecule has 3 rings (SSSR count). The monoisotopic (exact) mass is 503 g/mol. The van der Waals surface area contributed by atoms with E-state index in [1.807, 2.05) is 49.4 Å². The van der Waals surface area contributed by atoms with Crippen molar-refractivity contribution in [3.05, 3.63) is 95.3 Å². The van der Waals surface area contributed by atoms with Crippen LogP contribution >= 0.6 is 11.6 Å². The molecule has 3 N–H and O–H groups in total. The number of aromatic amines is 1. The average Bonchev–Trinajstić information content (AvgIpc) is 3.25. The van der Waals surface area contributed by atoms with Crippen LogP contribution in [-0.2, 0) is 35.6 Å².